The molecule has 0 bridgehead atoms. The molecule has 1 heterocycles. The Morgan fingerprint density at radius 2 is 1.53 bits per heavy atom. The van der Waals surface area contributed by atoms with Gasteiger partial charge in [-0.15, -0.1) is 0 Å². The van der Waals surface area contributed by atoms with Gasteiger partial charge in [-0.25, -0.2) is 0 Å². The monoisotopic (exact) mass is 430 g/mol. The van der Waals surface area contributed by atoms with E-state index in [1.165, 1.54) is 11.9 Å². The van der Waals surface area contributed by atoms with E-state index in [2.05, 4.69) is 5.32 Å². The van der Waals surface area contributed by atoms with Crippen molar-refractivity contribution < 1.29 is 31.1 Å². The lowest BCUT2D eigenvalue weighted by molar-refractivity contribution is -0.143. The zero-order valence-corrected chi connectivity index (χ0v) is 16.0. The van der Waals surface area contributed by atoms with Crippen LogP contribution in [0.15, 0.2) is 48.5 Å². The molecule has 1 aliphatic heterocycles. The van der Waals surface area contributed by atoms with Gasteiger partial charge in [-0.2, -0.15) is 26.3 Å². The Morgan fingerprint density at radius 1 is 0.967 bits per heavy atom. The first-order valence-corrected chi connectivity index (χ1v) is 9.27. The van der Waals surface area contributed by atoms with Crippen molar-refractivity contribution in [3.63, 3.8) is 0 Å². The van der Waals surface area contributed by atoms with Gasteiger partial charge in [-0.3, -0.25) is 4.79 Å². The normalized spacial score (nSPS) is 19.7. The highest BCUT2D eigenvalue weighted by molar-refractivity contribution is 5.94. The summed E-state index contributed by atoms with van der Waals surface area (Å²) in [6.07, 6.45) is -9.99. The van der Waals surface area contributed by atoms with Gasteiger partial charge in [0.1, 0.15) is 0 Å². The molecule has 1 amide bonds. The van der Waals surface area contributed by atoms with Crippen LogP contribution in [0.4, 0.5) is 26.3 Å². The maximum absolute atomic E-state index is 13.1. The van der Waals surface area contributed by atoms with Crippen LogP contribution in [-0.4, -0.2) is 37.5 Å². The van der Waals surface area contributed by atoms with Crippen LogP contribution in [0.2, 0.25) is 0 Å². The second-order valence-electron chi connectivity index (χ2n) is 7.42. The first-order valence-electron chi connectivity index (χ1n) is 9.27. The largest absolute Gasteiger partial charge is 0.416 e. The molecule has 3 rings (SSSR count). The molecule has 1 saturated heterocycles. The Hall–Kier alpha value is -2.55. The molecule has 2 unspecified atom stereocenters. The van der Waals surface area contributed by atoms with E-state index in [9.17, 15) is 31.1 Å². The summed E-state index contributed by atoms with van der Waals surface area (Å²) >= 11 is 0. The van der Waals surface area contributed by atoms with Crippen molar-refractivity contribution in [3.8, 4) is 0 Å². The molecule has 3 nitrogen and oxygen atoms in total. The molecular weight excluding hydrogens is 410 g/mol. The van der Waals surface area contributed by atoms with Crippen molar-refractivity contribution >= 4 is 5.91 Å². The highest BCUT2D eigenvalue weighted by Gasteiger charge is 2.38. The predicted octanol–water partition coefficient (Wildman–Crippen LogP) is 4.80. The number of hydrogen-bond acceptors (Lipinski definition) is 2. The third-order valence-corrected chi connectivity index (χ3v) is 5.26. The van der Waals surface area contributed by atoms with E-state index >= 15 is 0 Å². The number of carbonyl (C=O) groups is 1. The highest BCUT2D eigenvalue weighted by Crippen LogP contribution is 2.36. The molecule has 162 valence electrons. The van der Waals surface area contributed by atoms with Gasteiger partial charge in [-0.05, 0) is 29.7 Å². The van der Waals surface area contributed by atoms with Crippen LogP contribution < -0.4 is 5.32 Å². The average Bonchev–Trinajstić information content (AvgIpc) is 3.14. The van der Waals surface area contributed by atoms with Crippen molar-refractivity contribution in [3.05, 3.63) is 70.8 Å². The summed E-state index contributed by atoms with van der Waals surface area (Å²) in [6.45, 7) is 1.47. The van der Waals surface area contributed by atoms with Crippen molar-refractivity contribution in [2.45, 2.75) is 18.3 Å². The number of rotatable bonds is 4. The Bertz CT molecular complexity index is 862. The van der Waals surface area contributed by atoms with E-state index in [0.29, 0.717) is 25.2 Å². The van der Waals surface area contributed by atoms with E-state index in [-0.39, 0.29) is 24.4 Å². The van der Waals surface area contributed by atoms with Crippen molar-refractivity contribution in [2.24, 2.45) is 5.92 Å². The standard InChI is InChI=1S/C21H20F6N2O/c1-29(12-15-10-28-11-18(15)13-5-3-2-4-6-13)19(30)14-7-16(20(22,23)24)9-17(8-14)21(25,26)27/h2-9,15,18,28H,10-12H2,1H3. The van der Waals surface area contributed by atoms with Gasteiger partial charge < -0.3 is 10.2 Å². The Kier molecular flexibility index (Phi) is 6.12. The van der Waals surface area contributed by atoms with Gasteiger partial charge in [0.05, 0.1) is 11.1 Å². The molecule has 0 aliphatic carbocycles. The van der Waals surface area contributed by atoms with E-state index in [0.717, 1.165) is 5.56 Å². The molecule has 30 heavy (non-hydrogen) atoms. The summed E-state index contributed by atoms with van der Waals surface area (Å²) in [4.78, 5) is 13.9. The van der Waals surface area contributed by atoms with Crippen molar-refractivity contribution in [1.29, 1.82) is 0 Å². The zero-order chi connectivity index (χ0) is 22.1. The number of amides is 1. The highest BCUT2D eigenvalue weighted by atomic mass is 19.4. The number of hydrogen-bond donors (Lipinski definition) is 1. The number of benzene rings is 2. The van der Waals surface area contributed by atoms with Gasteiger partial charge in [-0.1, -0.05) is 30.3 Å². The molecule has 0 spiro atoms. The van der Waals surface area contributed by atoms with Crippen molar-refractivity contribution in [1.82, 2.24) is 10.2 Å². The van der Waals surface area contributed by atoms with Crippen LogP contribution in [0.5, 0.6) is 0 Å². The number of nitrogens with zero attached hydrogens (tertiary/aromatic N) is 1. The molecule has 0 radical (unpaired) electrons. The first kappa shape index (κ1) is 22.1. The summed E-state index contributed by atoms with van der Waals surface area (Å²) in [5.74, 6) is -0.812. The Balaban J connectivity index is 1.83. The molecule has 9 heteroatoms. The van der Waals surface area contributed by atoms with Gasteiger partial charge in [0.2, 0.25) is 0 Å². The second kappa shape index (κ2) is 8.29. The van der Waals surface area contributed by atoms with Crippen LogP contribution in [-0.2, 0) is 12.4 Å². The minimum Gasteiger partial charge on any atom is -0.341 e. The SMILES string of the molecule is CN(CC1CNCC1c1ccccc1)C(=O)c1cc(C(F)(F)F)cc(C(F)(F)F)c1. The van der Waals surface area contributed by atoms with Gasteiger partial charge in [0.15, 0.2) is 0 Å². The molecule has 2 aromatic carbocycles. The third-order valence-electron chi connectivity index (χ3n) is 5.26. The molecule has 2 aromatic rings. The molecule has 1 N–H and O–H groups in total. The summed E-state index contributed by atoms with van der Waals surface area (Å²) < 4.78 is 78.4. The lowest BCUT2D eigenvalue weighted by Crippen LogP contribution is -2.34. The van der Waals surface area contributed by atoms with Gasteiger partial charge >= 0.3 is 12.4 Å². The van der Waals surface area contributed by atoms with Crippen LogP contribution in [0, 0.1) is 5.92 Å². The Morgan fingerprint density at radius 3 is 2.07 bits per heavy atom. The topological polar surface area (TPSA) is 32.3 Å². The van der Waals surface area contributed by atoms with Crippen LogP contribution in [0.1, 0.15) is 33.0 Å². The zero-order valence-electron chi connectivity index (χ0n) is 16.0. The summed E-state index contributed by atoms with van der Waals surface area (Å²) in [6, 6.07) is 10.5. The predicted molar refractivity (Wildman–Crippen MR) is 98.9 cm³/mol. The number of nitrogens with one attached hydrogen (secondary N) is 1. The Labute approximate surface area is 169 Å². The molecule has 1 aliphatic rings. The van der Waals surface area contributed by atoms with Crippen LogP contribution >= 0.6 is 0 Å². The second-order valence-corrected chi connectivity index (χ2v) is 7.42. The number of alkyl halides is 6. The van der Waals surface area contributed by atoms with E-state index < -0.39 is 35.0 Å². The van der Waals surface area contributed by atoms with E-state index in [1.54, 1.807) is 0 Å². The lowest BCUT2D eigenvalue weighted by Gasteiger charge is -2.26. The maximum atomic E-state index is 13.1. The smallest absolute Gasteiger partial charge is 0.341 e. The van der Waals surface area contributed by atoms with Crippen LogP contribution in [0.3, 0.4) is 0 Å². The lowest BCUT2D eigenvalue weighted by atomic mass is 9.88. The molecule has 1 fully saturated rings. The molecule has 2 atom stereocenters. The minimum atomic E-state index is -5.00. The van der Waals surface area contributed by atoms with E-state index in [1.807, 2.05) is 30.3 Å². The maximum Gasteiger partial charge on any atom is 0.416 e. The summed E-state index contributed by atoms with van der Waals surface area (Å²) in [5.41, 5.74) is -2.58. The summed E-state index contributed by atoms with van der Waals surface area (Å²) in [5, 5.41) is 3.23. The minimum absolute atomic E-state index is 0.0170. The fourth-order valence-electron chi connectivity index (χ4n) is 3.75. The number of halogens is 6. The number of carbonyl (C=O) groups excluding carboxylic acids is 1. The third kappa shape index (κ3) is 4.95. The van der Waals surface area contributed by atoms with Gasteiger partial charge in [0, 0.05) is 38.2 Å². The quantitative estimate of drug-likeness (QED) is 0.707. The van der Waals surface area contributed by atoms with Crippen LogP contribution in [0.25, 0.3) is 0 Å². The fraction of sp³-hybridized carbons (Fsp3) is 0.381. The molecule has 0 aromatic heterocycles. The molecular formula is C21H20F6N2O. The first-order chi connectivity index (χ1) is 14.0. The van der Waals surface area contributed by atoms with Gasteiger partial charge in [0.25, 0.3) is 5.91 Å². The fourth-order valence-corrected chi connectivity index (χ4v) is 3.75. The van der Waals surface area contributed by atoms with Crippen molar-refractivity contribution in [2.75, 3.05) is 26.7 Å². The van der Waals surface area contributed by atoms with E-state index in [4.69, 9.17) is 0 Å². The summed E-state index contributed by atoms with van der Waals surface area (Å²) in [7, 11) is 1.39. The molecule has 0 saturated carbocycles. The average molecular weight is 430 g/mol.